The minimum absolute atomic E-state index is 0.00994. The Morgan fingerprint density at radius 3 is 0.887 bits per heavy atom. The Bertz CT molecular complexity index is 1250. The number of unbranched alkanes of at least 4 members (excludes halogenated alkanes) is 54. The van der Waals surface area contributed by atoms with Crippen molar-refractivity contribution in [2.75, 3.05) is 13.2 Å². The van der Waals surface area contributed by atoms with E-state index in [1.54, 1.807) is 0 Å². The summed E-state index contributed by atoms with van der Waals surface area (Å²) in [6.45, 7) is 4.99. The average Bonchev–Trinajstić information content (AvgIpc) is 3.46. The molecule has 2 unspecified atom stereocenters. The molecule has 0 saturated heterocycles. The predicted octanol–water partition coefficient (Wildman–Crippen LogP) is 23.7. The standard InChI is InChI=1S/C74H143NO5/c1-3-5-7-9-11-13-15-17-19-21-35-38-42-46-50-54-58-62-66-72(77)71(70-76)75-73(78)67-63-59-55-51-47-43-39-36-33-31-29-27-25-23-22-24-26-28-30-32-34-37-41-45-49-53-57-61-65-69-80-74(79)68-64-60-56-52-48-44-40-20-18-16-14-12-10-8-6-4-2/h20,22,24,40,71-72,76-77H,3-19,21,23,25-39,41-70H2,1-2H3,(H,75,78)/b24-22-,40-20-. The maximum atomic E-state index is 12.5. The van der Waals surface area contributed by atoms with Gasteiger partial charge in [-0.1, -0.05) is 346 Å². The number of ether oxygens (including phenoxy) is 1. The smallest absolute Gasteiger partial charge is 0.305 e. The zero-order chi connectivity index (χ0) is 57.8. The molecule has 3 N–H and O–H groups in total. The van der Waals surface area contributed by atoms with Gasteiger partial charge < -0.3 is 20.3 Å². The molecule has 2 atom stereocenters. The molecule has 0 aromatic carbocycles. The first-order valence-electron chi connectivity index (χ1n) is 36.6. The molecule has 474 valence electrons. The second-order valence-corrected chi connectivity index (χ2v) is 25.3. The van der Waals surface area contributed by atoms with E-state index >= 15 is 0 Å². The van der Waals surface area contributed by atoms with Gasteiger partial charge in [0.2, 0.25) is 5.91 Å². The Morgan fingerprint density at radius 1 is 0.338 bits per heavy atom. The van der Waals surface area contributed by atoms with E-state index in [4.69, 9.17) is 4.74 Å². The summed E-state index contributed by atoms with van der Waals surface area (Å²) in [4.78, 5) is 24.6. The predicted molar refractivity (Wildman–Crippen MR) is 352 cm³/mol. The van der Waals surface area contributed by atoms with Crippen molar-refractivity contribution in [3.63, 3.8) is 0 Å². The number of aliphatic hydroxyl groups is 2. The summed E-state index contributed by atoms with van der Waals surface area (Å²) in [5.74, 6) is -0.0203. The number of allylic oxidation sites excluding steroid dienone is 4. The van der Waals surface area contributed by atoms with Gasteiger partial charge in [-0.2, -0.15) is 0 Å². The number of nitrogens with one attached hydrogen (secondary N) is 1. The quantitative estimate of drug-likeness (QED) is 0.0320. The topological polar surface area (TPSA) is 95.9 Å². The van der Waals surface area contributed by atoms with E-state index in [2.05, 4.69) is 43.5 Å². The summed E-state index contributed by atoms with van der Waals surface area (Å²) >= 11 is 0. The third-order valence-corrected chi connectivity index (χ3v) is 17.2. The lowest BCUT2D eigenvalue weighted by molar-refractivity contribution is -0.143. The van der Waals surface area contributed by atoms with Gasteiger partial charge >= 0.3 is 5.97 Å². The summed E-state index contributed by atoms with van der Waals surface area (Å²) < 4.78 is 5.50. The fourth-order valence-electron chi connectivity index (χ4n) is 11.6. The highest BCUT2D eigenvalue weighted by Gasteiger charge is 2.20. The van der Waals surface area contributed by atoms with Gasteiger partial charge in [0, 0.05) is 12.8 Å². The molecule has 0 aliphatic rings. The van der Waals surface area contributed by atoms with Crippen molar-refractivity contribution in [3.8, 4) is 0 Å². The van der Waals surface area contributed by atoms with Crippen LogP contribution in [0.1, 0.15) is 412 Å². The van der Waals surface area contributed by atoms with Crippen LogP contribution in [0.4, 0.5) is 0 Å². The molecule has 0 radical (unpaired) electrons. The molecule has 0 aromatic heterocycles. The fourth-order valence-corrected chi connectivity index (χ4v) is 11.6. The van der Waals surface area contributed by atoms with Crippen LogP contribution in [0.5, 0.6) is 0 Å². The lowest BCUT2D eigenvalue weighted by Gasteiger charge is -2.22. The molecule has 0 heterocycles. The van der Waals surface area contributed by atoms with E-state index < -0.39 is 12.1 Å². The number of rotatable bonds is 69. The first kappa shape index (κ1) is 78.3. The number of carbonyl (C=O) groups is 2. The molecule has 0 aliphatic carbocycles. The van der Waals surface area contributed by atoms with Gasteiger partial charge in [0.05, 0.1) is 25.4 Å². The fraction of sp³-hybridized carbons (Fsp3) is 0.919. The van der Waals surface area contributed by atoms with Gasteiger partial charge in [0.1, 0.15) is 0 Å². The molecule has 6 nitrogen and oxygen atoms in total. The summed E-state index contributed by atoms with van der Waals surface area (Å²) in [6.07, 6.45) is 88.1. The van der Waals surface area contributed by atoms with Crippen LogP contribution in [0.3, 0.4) is 0 Å². The van der Waals surface area contributed by atoms with Crippen molar-refractivity contribution in [1.29, 1.82) is 0 Å². The maximum Gasteiger partial charge on any atom is 0.305 e. The largest absolute Gasteiger partial charge is 0.466 e. The number of amides is 1. The first-order chi connectivity index (χ1) is 39.5. The average molecular weight is 1130 g/mol. The highest BCUT2D eigenvalue weighted by atomic mass is 16.5. The van der Waals surface area contributed by atoms with Crippen LogP contribution in [0, 0.1) is 0 Å². The number of carbonyl (C=O) groups excluding carboxylic acids is 2. The minimum atomic E-state index is -0.664. The van der Waals surface area contributed by atoms with Crippen LogP contribution in [-0.4, -0.2) is 47.4 Å². The van der Waals surface area contributed by atoms with Crippen molar-refractivity contribution >= 4 is 11.9 Å². The van der Waals surface area contributed by atoms with Gasteiger partial charge in [0.25, 0.3) is 0 Å². The molecule has 0 aliphatic heterocycles. The zero-order valence-electron chi connectivity index (χ0n) is 54.3. The molecule has 0 aromatic rings. The van der Waals surface area contributed by atoms with Crippen LogP contribution in [0.2, 0.25) is 0 Å². The summed E-state index contributed by atoms with van der Waals surface area (Å²) in [7, 11) is 0. The highest BCUT2D eigenvalue weighted by molar-refractivity contribution is 5.76. The lowest BCUT2D eigenvalue weighted by atomic mass is 10.0. The van der Waals surface area contributed by atoms with Crippen molar-refractivity contribution in [2.45, 2.75) is 424 Å². The van der Waals surface area contributed by atoms with Gasteiger partial charge in [-0.3, -0.25) is 9.59 Å². The Labute approximate surface area is 501 Å². The van der Waals surface area contributed by atoms with Crippen LogP contribution in [0.15, 0.2) is 24.3 Å². The number of hydrogen-bond donors (Lipinski definition) is 3. The molecular weight excluding hydrogens is 983 g/mol. The Hall–Kier alpha value is -1.66. The van der Waals surface area contributed by atoms with Gasteiger partial charge in [0.15, 0.2) is 0 Å². The molecule has 0 saturated carbocycles. The van der Waals surface area contributed by atoms with Gasteiger partial charge in [-0.05, 0) is 77.0 Å². The normalized spacial score (nSPS) is 12.6. The van der Waals surface area contributed by atoms with E-state index in [0.29, 0.717) is 25.9 Å². The molecule has 80 heavy (non-hydrogen) atoms. The van der Waals surface area contributed by atoms with Gasteiger partial charge in [-0.25, -0.2) is 0 Å². The number of hydrogen-bond acceptors (Lipinski definition) is 5. The second-order valence-electron chi connectivity index (χ2n) is 25.3. The molecule has 0 spiro atoms. The Kier molecular flexibility index (Phi) is 68.4. The lowest BCUT2D eigenvalue weighted by Crippen LogP contribution is -2.45. The summed E-state index contributed by atoms with van der Waals surface area (Å²) in [5.41, 5.74) is 0. The van der Waals surface area contributed by atoms with Crippen molar-refractivity contribution in [3.05, 3.63) is 24.3 Å². The second kappa shape index (κ2) is 69.8. The number of aliphatic hydroxyl groups excluding tert-OH is 2. The van der Waals surface area contributed by atoms with E-state index in [-0.39, 0.29) is 18.5 Å². The monoisotopic (exact) mass is 1130 g/mol. The summed E-state index contributed by atoms with van der Waals surface area (Å²) in [5, 5.41) is 23.4. The van der Waals surface area contributed by atoms with E-state index in [9.17, 15) is 19.8 Å². The Balaban J connectivity index is 3.37. The third kappa shape index (κ3) is 65.5. The SMILES string of the molecule is CCCCCCCCC/C=C\CCCCCCCC(=O)OCCCCCCCCCCCCCC/C=C\CCCCCCCCCCCCCCCC(=O)NC(CO)C(O)CCCCCCCCCCCCCCCCCCCC. The van der Waals surface area contributed by atoms with Crippen LogP contribution < -0.4 is 5.32 Å². The zero-order valence-corrected chi connectivity index (χ0v) is 54.3. The molecular formula is C74H143NO5. The Morgan fingerprint density at radius 2 is 0.588 bits per heavy atom. The van der Waals surface area contributed by atoms with Crippen LogP contribution >= 0.6 is 0 Å². The molecule has 0 rings (SSSR count). The summed E-state index contributed by atoms with van der Waals surface area (Å²) in [6, 6.07) is -0.541. The molecule has 6 heteroatoms. The first-order valence-corrected chi connectivity index (χ1v) is 36.6. The van der Waals surface area contributed by atoms with E-state index in [1.807, 2.05) is 0 Å². The van der Waals surface area contributed by atoms with Crippen molar-refractivity contribution in [2.24, 2.45) is 0 Å². The van der Waals surface area contributed by atoms with Crippen molar-refractivity contribution < 1.29 is 24.5 Å². The molecule has 0 fully saturated rings. The van der Waals surface area contributed by atoms with Crippen molar-refractivity contribution in [1.82, 2.24) is 5.32 Å². The molecule has 0 bridgehead atoms. The highest BCUT2D eigenvalue weighted by Crippen LogP contribution is 2.19. The molecule has 1 amide bonds. The van der Waals surface area contributed by atoms with Crippen LogP contribution in [-0.2, 0) is 14.3 Å². The minimum Gasteiger partial charge on any atom is -0.466 e. The maximum absolute atomic E-state index is 12.5. The number of esters is 1. The van der Waals surface area contributed by atoms with E-state index in [1.165, 1.54) is 334 Å². The van der Waals surface area contributed by atoms with Gasteiger partial charge in [-0.15, -0.1) is 0 Å². The van der Waals surface area contributed by atoms with Crippen LogP contribution in [0.25, 0.3) is 0 Å². The van der Waals surface area contributed by atoms with E-state index in [0.717, 1.165) is 44.9 Å². The third-order valence-electron chi connectivity index (χ3n) is 17.2.